The fraction of sp³-hybridized carbons (Fsp3) is 0.273. The van der Waals surface area contributed by atoms with Crippen molar-refractivity contribution in [3.05, 3.63) is 48.3 Å². The van der Waals surface area contributed by atoms with Gasteiger partial charge in [0, 0.05) is 23.9 Å². The summed E-state index contributed by atoms with van der Waals surface area (Å²) >= 11 is 0. The minimum absolute atomic E-state index is 0. The van der Waals surface area contributed by atoms with Crippen molar-refractivity contribution in [1.29, 1.82) is 0 Å². The van der Waals surface area contributed by atoms with Gasteiger partial charge in [-0.1, -0.05) is 6.07 Å². The fourth-order valence-corrected chi connectivity index (χ4v) is 3.04. The first-order valence-electron chi connectivity index (χ1n) is 9.87. The zero-order valence-corrected chi connectivity index (χ0v) is 18.6. The van der Waals surface area contributed by atoms with Crippen molar-refractivity contribution < 1.29 is 18.6 Å². The van der Waals surface area contributed by atoms with Gasteiger partial charge in [-0.25, -0.2) is 9.37 Å². The van der Waals surface area contributed by atoms with E-state index in [4.69, 9.17) is 19.9 Å². The highest BCUT2D eigenvalue weighted by atomic mass is 35.5. The third-order valence-electron chi connectivity index (χ3n) is 4.59. The highest BCUT2D eigenvalue weighted by molar-refractivity contribution is 5.85. The predicted octanol–water partition coefficient (Wildman–Crippen LogP) is 3.74. The maximum Gasteiger partial charge on any atom is 0.229 e. The van der Waals surface area contributed by atoms with Crippen LogP contribution in [-0.4, -0.2) is 55.3 Å². The Morgan fingerprint density at radius 2 is 1.88 bits per heavy atom. The van der Waals surface area contributed by atoms with Gasteiger partial charge in [-0.2, -0.15) is 4.98 Å². The summed E-state index contributed by atoms with van der Waals surface area (Å²) in [6.07, 6.45) is 0. The molecular formula is C22H25ClFN5O3. The Kier molecular flexibility index (Phi) is 7.55. The van der Waals surface area contributed by atoms with Gasteiger partial charge in [0.15, 0.2) is 23.1 Å². The molecule has 2 heterocycles. The quantitative estimate of drug-likeness (QED) is 0.549. The molecule has 2 aromatic carbocycles. The van der Waals surface area contributed by atoms with Crippen molar-refractivity contribution in [3.8, 4) is 28.5 Å². The van der Waals surface area contributed by atoms with Crippen LogP contribution in [0.25, 0.3) is 11.3 Å². The number of benzene rings is 2. The number of nitrogens with one attached hydrogen (secondary N) is 1. The maximum atomic E-state index is 14.7. The number of hydrogen-bond acceptors (Lipinski definition) is 8. The van der Waals surface area contributed by atoms with Crippen LogP contribution in [0.4, 0.5) is 21.8 Å². The lowest BCUT2D eigenvalue weighted by molar-refractivity contribution is 0.171. The van der Waals surface area contributed by atoms with E-state index in [1.165, 1.54) is 0 Å². The summed E-state index contributed by atoms with van der Waals surface area (Å²) in [6, 6.07) is 12.5. The predicted molar refractivity (Wildman–Crippen MR) is 124 cm³/mol. The number of nitrogen functional groups attached to an aromatic ring is 1. The fourth-order valence-electron chi connectivity index (χ4n) is 3.04. The van der Waals surface area contributed by atoms with Crippen molar-refractivity contribution in [3.63, 3.8) is 0 Å². The van der Waals surface area contributed by atoms with Crippen molar-refractivity contribution in [1.82, 2.24) is 14.9 Å². The van der Waals surface area contributed by atoms with Gasteiger partial charge in [-0.3, -0.25) is 0 Å². The van der Waals surface area contributed by atoms with Crippen LogP contribution in [0, 0.1) is 5.82 Å². The number of rotatable bonds is 7. The standard InChI is InChI=1S/C22H24FN5O3.ClH/c1-28(2)8-9-29-16-5-3-4-15(13-16)25-22-26-20(19(23)21(24)27-22)14-6-7-17-18(12-14)31-11-10-30-17;/h3-7,12-13H,8-11H2,1-2H3,(H3,24,25,26,27);1H. The van der Waals surface area contributed by atoms with Gasteiger partial charge >= 0.3 is 0 Å². The zero-order valence-electron chi connectivity index (χ0n) is 17.8. The Labute approximate surface area is 191 Å². The summed E-state index contributed by atoms with van der Waals surface area (Å²) in [7, 11) is 3.97. The van der Waals surface area contributed by atoms with E-state index in [1.54, 1.807) is 18.2 Å². The summed E-state index contributed by atoms with van der Waals surface area (Å²) in [5, 5.41) is 3.07. The average Bonchev–Trinajstić information content (AvgIpc) is 2.76. The van der Waals surface area contributed by atoms with Gasteiger partial charge < -0.3 is 30.2 Å². The zero-order chi connectivity index (χ0) is 21.8. The van der Waals surface area contributed by atoms with Crippen LogP contribution >= 0.6 is 12.4 Å². The third-order valence-corrected chi connectivity index (χ3v) is 4.59. The van der Waals surface area contributed by atoms with Crippen LogP contribution in [0.3, 0.4) is 0 Å². The molecule has 3 N–H and O–H groups in total. The largest absolute Gasteiger partial charge is 0.492 e. The number of likely N-dealkylation sites (N-methyl/N-ethyl adjacent to an activating group) is 1. The van der Waals surface area contributed by atoms with Crippen LogP contribution in [0.1, 0.15) is 0 Å². The minimum atomic E-state index is -0.692. The second-order valence-corrected chi connectivity index (χ2v) is 7.26. The lowest BCUT2D eigenvalue weighted by Crippen LogP contribution is -2.19. The molecule has 4 rings (SSSR count). The number of halogens is 2. The number of ether oxygens (including phenoxy) is 3. The Morgan fingerprint density at radius 1 is 1.09 bits per heavy atom. The van der Waals surface area contributed by atoms with Crippen LogP contribution in [0.5, 0.6) is 17.2 Å². The highest BCUT2D eigenvalue weighted by Crippen LogP contribution is 2.35. The van der Waals surface area contributed by atoms with Gasteiger partial charge in [0.25, 0.3) is 0 Å². The van der Waals surface area contributed by atoms with E-state index in [0.717, 1.165) is 6.54 Å². The molecule has 0 radical (unpaired) electrons. The monoisotopic (exact) mass is 461 g/mol. The number of fused-ring (bicyclic) bond motifs is 1. The van der Waals surface area contributed by atoms with Gasteiger partial charge in [0.2, 0.25) is 5.95 Å². The molecule has 170 valence electrons. The second kappa shape index (κ2) is 10.3. The SMILES string of the molecule is CN(C)CCOc1cccc(Nc2nc(N)c(F)c(-c3ccc4c(c3)OCCO4)n2)c1.Cl. The summed E-state index contributed by atoms with van der Waals surface area (Å²) in [5.41, 5.74) is 7.11. The molecule has 0 amide bonds. The molecular weight excluding hydrogens is 437 g/mol. The molecule has 0 atom stereocenters. The molecule has 1 aromatic heterocycles. The van der Waals surface area contributed by atoms with E-state index >= 15 is 0 Å². The third kappa shape index (κ3) is 5.49. The van der Waals surface area contributed by atoms with Gasteiger partial charge in [0.1, 0.15) is 31.3 Å². The number of nitrogens with two attached hydrogens (primary N) is 1. The van der Waals surface area contributed by atoms with Crippen LogP contribution < -0.4 is 25.3 Å². The van der Waals surface area contributed by atoms with Crippen LogP contribution in [-0.2, 0) is 0 Å². The molecule has 0 bridgehead atoms. The molecule has 0 unspecified atom stereocenters. The van der Waals surface area contributed by atoms with Crippen molar-refractivity contribution in [2.45, 2.75) is 0 Å². The second-order valence-electron chi connectivity index (χ2n) is 7.26. The molecule has 10 heteroatoms. The van der Waals surface area contributed by atoms with Crippen LogP contribution in [0.2, 0.25) is 0 Å². The van der Waals surface area contributed by atoms with E-state index in [1.807, 2.05) is 43.3 Å². The van der Waals surface area contributed by atoms with Crippen molar-refractivity contribution in [2.75, 3.05) is 51.5 Å². The molecule has 0 saturated heterocycles. The van der Waals surface area contributed by atoms with Crippen molar-refractivity contribution >= 4 is 29.9 Å². The van der Waals surface area contributed by atoms with E-state index in [2.05, 4.69) is 15.3 Å². The normalized spacial score (nSPS) is 12.2. The van der Waals surface area contributed by atoms with Gasteiger partial charge in [-0.15, -0.1) is 12.4 Å². The highest BCUT2D eigenvalue weighted by Gasteiger charge is 2.18. The Morgan fingerprint density at radius 3 is 2.66 bits per heavy atom. The van der Waals surface area contributed by atoms with E-state index in [0.29, 0.717) is 48.3 Å². The molecule has 0 aliphatic carbocycles. The van der Waals surface area contributed by atoms with E-state index in [9.17, 15) is 4.39 Å². The Bertz CT molecular complexity index is 1080. The minimum Gasteiger partial charge on any atom is -0.492 e. The van der Waals surface area contributed by atoms with Gasteiger partial charge in [-0.05, 0) is 44.4 Å². The number of aromatic nitrogens is 2. The molecule has 0 saturated carbocycles. The molecule has 8 nitrogen and oxygen atoms in total. The summed E-state index contributed by atoms with van der Waals surface area (Å²) in [6.45, 7) is 2.27. The molecule has 1 aliphatic rings. The first kappa shape index (κ1) is 23.4. The lowest BCUT2D eigenvalue weighted by atomic mass is 10.1. The van der Waals surface area contributed by atoms with Crippen LogP contribution in [0.15, 0.2) is 42.5 Å². The molecule has 0 fully saturated rings. The smallest absolute Gasteiger partial charge is 0.229 e. The Balaban J connectivity index is 0.00000289. The summed E-state index contributed by atoms with van der Waals surface area (Å²) < 4.78 is 31.6. The topological polar surface area (TPSA) is 94.8 Å². The average molecular weight is 462 g/mol. The summed E-state index contributed by atoms with van der Waals surface area (Å²) in [5.74, 6) is 1.09. The number of hydrogen-bond donors (Lipinski definition) is 2. The molecule has 1 aliphatic heterocycles. The molecule has 32 heavy (non-hydrogen) atoms. The summed E-state index contributed by atoms with van der Waals surface area (Å²) in [4.78, 5) is 10.4. The molecule has 0 spiro atoms. The maximum absolute atomic E-state index is 14.7. The lowest BCUT2D eigenvalue weighted by Gasteiger charge is -2.19. The number of anilines is 3. The first-order chi connectivity index (χ1) is 15.0. The van der Waals surface area contributed by atoms with Gasteiger partial charge in [0.05, 0.1) is 0 Å². The molecule has 3 aromatic rings. The van der Waals surface area contributed by atoms with Crippen molar-refractivity contribution in [2.24, 2.45) is 0 Å². The van der Waals surface area contributed by atoms with E-state index in [-0.39, 0.29) is 29.9 Å². The Hall–Kier alpha value is -3.30. The van der Waals surface area contributed by atoms with E-state index < -0.39 is 5.82 Å². The number of nitrogens with zero attached hydrogens (tertiary/aromatic N) is 3. The first-order valence-corrected chi connectivity index (χ1v) is 9.87.